The molecular weight excluding hydrogens is 320 g/mol. The molecule has 0 amide bonds. The molecule has 0 aliphatic rings. The van der Waals surface area contributed by atoms with Gasteiger partial charge in [0.1, 0.15) is 22.1 Å². The topological polar surface area (TPSA) is 90.7 Å². The number of ether oxygens (including phenoxy) is 2. The summed E-state index contributed by atoms with van der Waals surface area (Å²) in [6.07, 6.45) is 0. The first-order chi connectivity index (χ1) is 10.8. The lowest BCUT2D eigenvalue weighted by Crippen LogP contribution is -2.24. The summed E-state index contributed by atoms with van der Waals surface area (Å²) in [4.78, 5) is 0.0710. The quantitative estimate of drug-likeness (QED) is 0.866. The maximum Gasteiger partial charge on any atom is 0.246 e. The Morgan fingerprint density at radius 3 is 2.39 bits per heavy atom. The Hall–Kier alpha value is -2.06. The molecule has 8 heteroatoms. The normalized spacial score (nSPS) is 11.5. The van der Waals surface area contributed by atoms with Gasteiger partial charge in [0.2, 0.25) is 10.0 Å². The highest BCUT2D eigenvalue weighted by Gasteiger charge is 2.24. The first kappa shape index (κ1) is 17.3. The molecule has 1 aromatic carbocycles. The second kappa shape index (κ2) is 6.59. The molecule has 0 radical (unpaired) electrons. The summed E-state index contributed by atoms with van der Waals surface area (Å²) in [6.45, 7) is 5.08. The number of hydrogen-bond acceptors (Lipinski definition) is 6. The number of aryl methyl sites for hydroxylation is 2. The highest BCUT2D eigenvalue weighted by molar-refractivity contribution is 7.89. The van der Waals surface area contributed by atoms with E-state index in [4.69, 9.17) is 14.0 Å². The highest BCUT2D eigenvalue weighted by Crippen LogP contribution is 2.31. The molecule has 23 heavy (non-hydrogen) atoms. The van der Waals surface area contributed by atoms with E-state index in [2.05, 4.69) is 9.88 Å². The van der Waals surface area contributed by atoms with Gasteiger partial charge in [-0.05, 0) is 26.8 Å². The summed E-state index contributed by atoms with van der Waals surface area (Å²) in [5, 5.41) is 3.67. The molecule has 0 spiro atoms. The maximum atomic E-state index is 12.4. The van der Waals surface area contributed by atoms with Crippen LogP contribution in [0.5, 0.6) is 11.5 Å². The molecule has 0 aliphatic carbocycles. The number of sulfonamides is 1. The first-order valence-electron chi connectivity index (χ1n) is 6.94. The Kier molecular flexibility index (Phi) is 4.96. The monoisotopic (exact) mass is 340 g/mol. The number of aromatic nitrogens is 1. The number of hydrogen-bond donors (Lipinski definition) is 1. The lowest BCUT2D eigenvalue weighted by atomic mass is 10.1. The molecule has 1 N–H and O–H groups in total. The molecule has 0 aliphatic heterocycles. The van der Waals surface area contributed by atoms with Crippen molar-refractivity contribution in [3.05, 3.63) is 34.7 Å². The molecular formula is C15H20N2O5S. The van der Waals surface area contributed by atoms with Gasteiger partial charge in [0.25, 0.3) is 0 Å². The molecule has 0 saturated heterocycles. The number of methoxy groups -OCH3 is 2. The second-order valence-corrected chi connectivity index (χ2v) is 6.77. The summed E-state index contributed by atoms with van der Waals surface area (Å²) in [7, 11) is -0.616. The summed E-state index contributed by atoms with van der Waals surface area (Å²) in [5.74, 6) is 1.53. The zero-order valence-corrected chi connectivity index (χ0v) is 14.6. The van der Waals surface area contributed by atoms with Crippen LogP contribution in [0.4, 0.5) is 0 Å². The van der Waals surface area contributed by atoms with Crippen LogP contribution in [0.3, 0.4) is 0 Å². The van der Waals surface area contributed by atoms with Gasteiger partial charge in [0.15, 0.2) is 5.76 Å². The van der Waals surface area contributed by atoms with E-state index < -0.39 is 10.0 Å². The van der Waals surface area contributed by atoms with Crippen LogP contribution in [0, 0.1) is 20.8 Å². The summed E-state index contributed by atoms with van der Waals surface area (Å²) >= 11 is 0. The third kappa shape index (κ3) is 3.32. The minimum atomic E-state index is -3.72. The predicted molar refractivity (Wildman–Crippen MR) is 84.3 cm³/mol. The van der Waals surface area contributed by atoms with E-state index in [9.17, 15) is 8.42 Å². The molecule has 0 saturated carbocycles. The van der Waals surface area contributed by atoms with E-state index in [1.807, 2.05) is 6.92 Å². The van der Waals surface area contributed by atoms with Gasteiger partial charge in [-0.2, -0.15) is 0 Å². The molecule has 2 rings (SSSR count). The van der Waals surface area contributed by atoms with E-state index >= 15 is 0 Å². The standard InChI is InChI=1S/C15H20N2O5S/c1-9-13(20-4)7-6-12(14(9)21-5)8-16-23(18,19)15-10(2)17-22-11(15)3/h6-7,16H,8H2,1-5H3. The first-order valence-corrected chi connectivity index (χ1v) is 8.43. The Labute approximate surface area is 135 Å². The molecule has 126 valence electrons. The van der Waals surface area contributed by atoms with Crippen molar-refractivity contribution in [3.8, 4) is 11.5 Å². The molecule has 0 atom stereocenters. The van der Waals surface area contributed by atoms with Gasteiger partial charge in [-0.3, -0.25) is 0 Å². The van der Waals surface area contributed by atoms with E-state index in [1.54, 1.807) is 33.1 Å². The fourth-order valence-electron chi connectivity index (χ4n) is 2.48. The third-order valence-corrected chi connectivity index (χ3v) is 5.20. The van der Waals surface area contributed by atoms with Gasteiger partial charge in [-0.25, -0.2) is 13.1 Å². The van der Waals surface area contributed by atoms with E-state index in [0.717, 1.165) is 5.56 Å². The van der Waals surface area contributed by atoms with Gasteiger partial charge in [0.05, 0.1) is 14.2 Å². The Morgan fingerprint density at radius 1 is 1.17 bits per heavy atom. The fourth-order valence-corrected chi connectivity index (χ4v) is 3.81. The lowest BCUT2D eigenvalue weighted by molar-refractivity contribution is 0.385. The summed E-state index contributed by atoms with van der Waals surface area (Å²) in [6, 6.07) is 3.54. The fraction of sp³-hybridized carbons (Fsp3) is 0.400. The van der Waals surface area contributed by atoms with Gasteiger partial charge >= 0.3 is 0 Å². The molecule has 0 fully saturated rings. The number of nitrogens with zero attached hydrogens (tertiary/aromatic N) is 1. The molecule has 1 heterocycles. The largest absolute Gasteiger partial charge is 0.496 e. The molecule has 0 unspecified atom stereocenters. The van der Waals surface area contributed by atoms with Crippen molar-refractivity contribution in [2.75, 3.05) is 14.2 Å². The molecule has 2 aromatic rings. The van der Waals surface area contributed by atoms with Crippen LogP contribution in [0.2, 0.25) is 0 Å². The van der Waals surface area contributed by atoms with E-state index in [1.165, 1.54) is 7.11 Å². The number of rotatable bonds is 6. The zero-order chi connectivity index (χ0) is 17.2. The van der Waals surface area contributed by atoms with Gasteiger partial charge < -0.3 is 14.0 Å². The molecule has 7 nitrogen and oxygen atoms in total. The number of nitrogens with one attached hydrogen (secondary N) is 1. The van der Waals surface area contributed by atoms with Crippen molar-refractivity contribution in [2.24, 2.45) is 0 Å². The van der Waals surface area contributed by atoms with Crippen LogP contribution in [0.25, 0.3) is 0 Å². The average Bonchev–Trinajstić information content (AvgIpc) is 2.85. The maximum absolute atomic E-state index is 12.4. The van der Waals surface area contributed by atoms with Crippen LogP contribution < -0.4 is 14.2 Å². The Morgan fingerprint density at radius 2 is 1.87 bits per heavy atom. The van der Waals surface area contributed by atoms with Crippen LogP contribution in [0.1, 0.15) is 22.6 Å². The second-order valence-electron chi connectivity index (χ2n) is 5.06. The van der Waals surface area contributed by atoms with Crippen LogP contribution >= 0.6 is 0 Å². The third-order valence-electron chi connectivity index (χ3n) is 3.55. The summed E-state index contributed by atoms with van der Waals surface area (Å²) < 4.78 is 43.0. The van der Waals surface area contributed by atoms with Crippen LogP contribution in [-0.2, 0) is 16.6 Å². The van der Waals surface area contributed by atoms with Crippen molar-refractivity contribution in [2.45, 2.75) is 32.2 Å². The predicted octanol–water partition coefficient (Wildman–Crippen LogP) is 2.10. The average molecular weight is 340 g/mol. The minimum absolute atomic E-state index is 0.0710. The van der Waals surface area contributed by atoms with Crippen molar-refractivity contribution in [1.29, 1.82) is 0 Å². The van der Waals surface area contributed by atoms with Crippen molar-refractivity contribution in [1.82, 2.24) is 9.88 Å². The highest BCUT2D eigenvalue weighted by atomic mass is 32.2. The smallest absolute Gasteiger partial charge is 0.246 e. The van der Waals surface area contributed by atoms with Crippen molar-refractivity contribution >= 4 is 10.0 Å². The van der Waals surface area contributed by atoms with Crippen molar-refractivity contribution < 1.29 is 22.4 Å². The van der Waals surface area contributed by atoms with Gasteiger partial charge in [0, 0.05) is 17.7 Å². The van der Waals surface area contributed by atoms with Crippen LogP contribution in [-0.4, -0.2) is 27.8 Å². The van der Waals surface area contributed by atoms with Gasteiger partial charge in [-0.1, -0.05) is 11.2 Å². The minimum Gasteiger partial charge on any atom is -0.496 e. The zero-order valence-electron chi connectivity index (χ0n) is 13.8. The molecule has 1 aromatic heterocycles. The molecule has 0 bridgehead atoms. The summed E-state index contributed by atoms with van der Waals surface area (Å²) in [5.41, 5.74) is 1.85. The lowest BCUT2D eigenvalue weighted by Gasteiger charge is -2.15. The van der Waals surface area contributed by atoms with Crippen molar-refractivity contribution in [3.63, 3.8) is 0 Å². The SMILES string of the molecule is COc1ccc(CNS(=O)(=O)c2c(C)noc2C)c(OC)c1C. The Bertz CT molecular complexity index is 792. The Balaban J connectivity index is 2.29. The van der Waals surface area contributed by atoms with Crippen LogP contribution in [0.15, 0.2) is 21.6 Å². The number of benzene rings is 1. The van der Waals surface area contributed by atoms with E-state index in [-0.39, 0.29) is 17.2 Å². The van der Waals surface area contributed by atoms with Gasteiger partial charge in [-0.15, -0.1) is 0 Å². The van der Waals surface area contributed by atoms with E-state index in [0.29, 0.717) is 22.8 Å².